The van der Waals surface area contributed by atoms with Gasteiger partial charge in [-0.2, -0.15) is 5.10 Å². The maximum atomic E-state index is 11.3. The molecule has 1 N–H and O–H groups in total. The third kappa shape index (κ3) is 4.04. The molecular weight excluding hydrogens is 316 g/mol. The van der Waals surface area contributed by atoms with E-state index >= 15 is 0 Å². The Morgan fingerprint density at radius 2 is 2.13 bits per heavy atom. The number of halogens is 1. The molecule has 7 heteroatoms. The number of rotatable bonds is 7. The number of carbonyl (C=O) groups excluding carboxylic acids is 1. The molecule has 1 aliphatic rings. The third-order valence-corrected chi connectivity index (χ3v) is 3.49. The van der Waals surface area contributed by atoms with Crippen molar-refractivity contribution in [2.45, 2.75) is 6.54 Å². The molecule has 0 atom stereocenters. The van der Waals surface area contributed by atoms with Crippen molar-refractivity contribution < 1.29 is 9.53 Å². The van der Waals surface area contributed by atoms with E-state index in [0.29, 0.717) is 19.8 Å². The van der Waals surface area contributed by atoms with Gasteiger partial charge in [-0.15, -0.1) is 12.4 Å². The van der Waals surface area contributed by atoms with Gasteiger partial charge in [0, 0.05) is 29.6 Å². The average molecular weight is 335 g/mol. The highest BCUT2D eigenvalue weighted by Crippen LogP contribution is 2.16. The summed E-state index contributed by atoms with van der Waals surface area (Å²) < 4.78 is 7.45. The van der Waals surface area contributed by atoms with Gasteiger partial charge >= 0.3 is 0 Å². The smallest absolute Gasteiger partial charge is 0.270 e. The van der Waals surface area contributed by atoms with E-state index in [1.165, 1.54) is 0 Å². The van der Waals surface area contributed by atoms with Gasteiger partial charge in [-0.05, 0) is 25.2 Å². The number of ether oxygens (including phenoxy) is 1. The SMILES string of the molecule is CNCCOCCn1nccc1-c1ccc2c(c1)=CC(=O)N=2.Cl. The van der Waals surface area contributed by atoms with Crippen LogP contribution in [-0.2, 0) is 16.1 Å². The third-order valence-electron chi connectivity index (χ3n) is 3.49. The van der Waals surface area contributed by atoms with Crippen LogP contribution in [0.4, 0.5) is 0 Å². The van der Waals surface area contributed by atoms with Crippen LogP contribution in [0.5, 0.6) is 0 Å². The zero-order valence-corrected chi connectivity index (χ0v) is 13.7. The molecule has 1 aliphatic heterocycles. The Labute approximate surface area is 140 Å². The van der Waals surface area contributed by atoms with E-state index < -0.39 is 0 Å². The molecule has 1 aromatic carbocycles. The van der Waals surface area contributed by atoms with E-state index in [0.717, 1.165) is 28.4 Å². The standard InChI is InChI=1S/C16H18N4O2.ClH/c1-17-6-8-22-9-7-20-15(4-5-18-20)12-2-3-14-13(10-12)11-16(21)19-14;/h2-5,10-11,17H,6-9H2,1H3;1H. The lowest BCUT2D eigenvalue weighted by molar-refractivity contribution is -0.112. The molecule has 1 amide bonds. The maximum Gasteiger partial charge on any atom is 0.270 e. The lowest BCUT2D eigenvalue weighted by Gasteiger charge is -2.08. The number of nitrogens with one attached hydrogen (secondary N) is 1. The Balaban J connectivity index is 0.00000192. The number of hydrogen-bond donors (Lipinski definition) is 1. The number of amides is 1. The molecule has 0 bridgehead atoms. The molecule has 0 unspecified atom stereocenters. The van der Waals surface area contributed by atoms with Gasteiger partial charge in [0.1, 0.15) is 0 Å². The second-order valence-corrected chi connectivity index (χ2v) is 5.02. The molecule has 0 spiro atoms. The first-order valence-electron chi connectivity index (χ1n) is 7.27. The van der Waals surface area contributed by atoms with E-state index in [4.69, 9.17) is 4.74 Å². The van der Waals surface area contributed by atoms with Crippen molar-refractivity contribution in [1.29, 1.82) is 0 Å². The van der Waals surface area contributed by atoms with Crippen molar-refractivity contribution in [3.05, 3.63) is 41.0 Å². The molecule has 0 radical (unpaired) electrons. The van der Waals surface area contributed by atoms with Gasteiger partial charge in [-0.3, -0.25) is 9.48 Å². The Morgan fingerprint density at radius 1 is 1.26 bits per heavy atom. The topological polar surface area (TPSA) is 68.5 Å². The fraction of sp³-hybridized carbons (Fsp3) is 0.312. The normalized spacial score (nSPS) is 12.3. The van der Waals surface area contributed by atoms with Crippen LogP contribution in [0.25, 0.3) is 17.3 Å². The number of fused-ring (bicyclic) bond motifs is 1. The number of carbonyl (C=O) groups is 1. The number of benzene rings is 1. The van der Waals surface area contributed by atoms with Crippen LogP contribution < -0.4 is 15.9 Å². The Morgan fingerprint density at radius 3 is 2.96 bits per heavy atom. The van der Waals surface area contributed by atoms with Crippen LogP contribution in [0, 0.1) is 0 Å². The molecular formula is C16H19ClN4O2. The van der Waals surface area contributed by atoms with Gasteiger partial charge in [0.2, 0.25) is 0 Å². The zero-order valence-electron chi connectivity index (χ0n) is 12.9. The summed E-state index contributed by atoms with van der Waals surface area (Å²) in [5.41, 5.74) is 2.03. The summed E-state index contributed by atoms with van der Waals surface area (Å²) in [7, 11) is 1.90. The van der Waals surface area contributed by atoms with E-state index in [-0.39, 0.29) is 18.3 Å². The highest BCUT2D eigenvalue weighted by molar-refractivity contribution is 6.06. The van der Waals surface area contributed by atoms with Gasteiger partial charge in [-0.1, -0.05) is 6.07 Å². The lowest BCUT2D eigenvalue weighted by Crippen LogP contribution is -2.21. The Kier molecular flexibility index (Phi) is 6.04. The van der Waals surface area contributed by atoms with Crippen molar-refractivity contribution in [3.63, 3.8) is 0 Å². The van der Waals surface area contributed by atoms with Crippen molar-refractivity contribution in [2.24, 2.45) is 4.99 Å². The Bertz CT molecular complexity index is 801. The largest absolute Gasteiger partial charge is 0.378 e. The second-order valence-electron chi connectivity index (χ2n) is 5.02. The van der Waals surface area contributed by atoms with E-state index in [1.54, 1.807) is 12.3 Å². The van der Waals surface area contributed by atoms with E-state index in [2.05, 4.69) is 15.4 Å². The van der Waals surface area contributed by atoms with Gasteiger partial charge < -0.3 is 10.1 Å². The summed E-state index contributed by atoms with van der Waals surface area (Å²) in [6, 6.07) is 7.76. The zero-order chi connectivity index (χ0) is 15.4. The first kappa shape index (κ1) is 17.3. The Hall–Kier alpha value is -2.02. The number of likely N-dealkylation sites (N-methyl/N-ethyl adjacent to an activating group) is 1. The summed E-state index contributed by atoms with van der Waals surface area (Å²) >= 11 is 0. The minimum atomic E-state index is -0.196. The van der Waals surface area contributed by atoms with Crippen molar-refractivity contribution in [2.75, 3.05) is 26.8 Å². The first-order valence-corrected chi connectivity index (χ1v) is 7.27. The molecule has 0 saturated heterocycles. The van der Waals surface area contributed by atoms with Crippen LogP contribution in [0.2, 0.25) is 0 Å². The van der Waals surface area contributed by atoms with Crippen LogP contribution in [0.15, 0.2) is 35.5 Å². The molecule has 0 fully saturated rings. The van der Waals surface area contributed by atoms with Crippen LogP contribution in [0.3, 0.4) is 0 Å². The highest BCUT2D eigenvalue weighted by Gasteiger charge is 2.08. The highest BCUT2D eigenvalue weighted by atomic mass is 35.5. The molecule has 2 aromatic rings. The molecule has 122 valence electrons. The summed E-state index contributed by atoms with van der Waals surface area (Å²) in [6.07, 6.45) is 3.33. The molecule has 0 aliphatic carbocycles. The number of aromatic nitrogens is 2. The first-order chi connectivity index (χ1) is 10.8. The lowest BCUT2D eigenvalue weighted by atomic mass is 10.1. The van der Waals surface area contributed by atoms with Gasteiger partial charge in [0.25, 0.3) is 5.91 Å². The molecule has 0 saturated carbocycles. The molecule has 23 heavy (non-hydrogen) atoms. The predicted octanol–water partition coefficient (Wildman–Crippen LogP) is 0.148. The van der Waals surface area contributed by atoms with Gasteiger partial charge in [0.15, 0.2) is 0 Å². The fourth-order valence-electron chi connectivity index (χ4n) is 2.40. The monoisotopic (exact) mass is 334 g/mol. The number of hydrogen-bond acceptors (Lipinski definition) is 4. The summed E-state index contributed by atoms with van der Waals surface area (Å²) in [6.45, 7) is 2.83. The van der Waals surface area contributed by atoms with Gasteiger partial charge in [0.05, 0.1) is 30.8 Å². The number of nitrogens with zero attached hydrogens (tertiary/aromatic N) is 3. The minimum absolute atomic E-state index is 0. The summed E-state index contributed by atoms with van der Waals surface area (Å²) in [4.78, 5) is 15.3. The molecule has 2 heterocycles. The van der Waals surface area contributed by atoms with Crippen molar-refractivity contribution in [3.8, 4) is 11.3 Å². The second kappa shape index (κ2) is 8.01. The molecule has 6 nitrogen and oxygen atoms in total. The average Bonchev–Trinajstić information content (AvgIpc) is 3.11. The van der Waals surface area contributed by atoms with Crippen molar-refractivity contribution in [1.82, 2.24) is 15.1 Å². The van der Waals surface area contributed by atoms with E-state index in [1.807, 2.05) is 36.0 Å². The quantitative estimate of drug-likeness (QED) is 0.732. The van der Waals surface area contributed by atoms with Crippen molar-refractivity contribution >= 4 is 24.4 Å². The maximum absolute atomic E-state index is 11.3. The fourth-order valence-corrected chi connectivity index (χ4v) is 2.40. The summed E-state index contributed by atoms with van der Waals surface area (Å²) in [5, 5.41) is 8.97. The molecule has 1 aromatic heterocycles. The predicted molar refractivity (Wildman–Crippen MR) is 89.9 cm³/mol. The minimum Gasteiger partial charge on any atom is -0.378 e. The van der Waals surface area contributed by atoms with Crippen LogP contribution in [-0.4, -0.2) is 42.5 Å². The molecule has 3 rings (SSSR count). The van der Waals surface area contributed by atoms with E-state index in [9.17, 15) is 4.79 Å². The summed E-state index contributed by atoms with van der Waals surface area (Å²) in [5.74, 6) is -0.196. The van der Waals surface area contributed by atoms with Crippen LogP contribution in [0.1, 0.15) is 0 Å². The van der Waals surface area contributed by atoms with Gasteiger partial charge in [-0.25, -0.2) is 4.99 Å². The van der Waals surface area contributed by atoms with Crippen LogP contribution >= 0.6 is 12.4 Å².